The van der Waals surface area contributed by atoms with Gasteiger partial charge in [0, 0.05) is 36.9 Å². The minimum atomic E-state index is 0.254. The molecular weight excluding hydrogens is 513 g/mol. The highest BCUT2D eigenvalue weighted by Gasteiger charge is 2.27. The smallest absolute Gasteiger partial charge is 0.0853 e. The molecule has 0 saturated carbocycles. The lowest BCUT2D eigenvalue weighted by Crippen LogP contribution is -2.35. The van der Waals surface area contributed by atoms with E-state index in [2.05, 4.69) is 95.9 Å². The van der Waals surface area contributed by atoms with Crippen molar-refractivity contribution in [1.29, 1.82) is 0 Å². The van der Waals surface area contributed by atoms with Crippen molar-refractivity contribution in [2.45, 2.75) is 18.1 Å². The Balaban J connectivity index is 1.18. The lowest BCUT2D eigenvalue weighted by molar-refractivity contribution is 0.411. The van der Waals surface area contributed by atoms with Gasteiger partial charge in [-0.1, -0.05) is 91.0 Å². The van der Waals surface area contributed by atoms with Crippen LogP contribution in [0.2, 0.25) is 0 Å². The van der Waals surface area contributed by atoms with Gasteiger partial charge in [0.25, 0.3) is 0 Å². The van der Waals surface area contributed by atoms with Crippen molar-refractivity contribution in [2.75, 3.05) is 36.9 Å². The predicted octanol–water partition coefficient (Wildman–Crippen LogP) is 6.95. The van der Waals surface area contributed by atoms with Gasteiger partial charge in [-0.05, 0) is 16.7 Å². The molecule has 0 amide bonds. The molecule has 3 aliphatic heterocycles. The summed E-state index contributed by atoms with van der Waals surface area (Å²) in [5.41, 5.74) is 3.92. The van der Waals surface area contributed by atoms with Crippen molar-refractivity contribution in [3.8, 4) is 0 Å². The standard InChI is InChI=1S/C30H30N4S3/c1-4-10-22(11-5-1)25-19-35-28(31-25)16-34(17-29-32-26(20-36-29)23-12-6-2-7-13-23)18-30-33-27(21-37-30)24-14-8-3-9-15-24/h1-15,25-27H,16-21H2/t25-,26-,27-/m1/s1. The summed E-state index contributed by atoms with van der Waals surface area (Å²) in [6, 6.07) is 32.8. The molecule has 3 heterocycles. The maximum atomic E-state index is 5.12. The van der Waals surface area contributed by atoms with Gasteiger partial charge in [0.05, 0.1) is 33.3 Å². The first kappa shape index (κ1) is 25.0. The Morgan fingerprint density at radius 2 is 0.784 bits per heavy atom. The molecule has 4 nitrogen and oxygen atoms in total. The lowest BCUT2D eigenvalue weighted by atomic mass is 10.1. The molecule has 0 aromatic heterocycles. The van der Waals surface area contributed by atoms with Gasteiger partial charge in [-0.15, -0.1) is 35.3 Å². The minimum Gasteiger partial charge on any atom is -0.284 e. The van der Waals surface area contributed by atoms with E-state index in [-0.39, 0.29) is 18.1 Å². The van der Waals surface area contributed by atoms with Crippen LogP contribution in [0.25, 0.3) is 0 Å². The van der Waals surface area contributed by atoms with Gasteiger partial charge in [0.2, 0.25) is 0 Å². The number of rotatable bonds is 9. The van der Waals surface area contributed by atoms with Crippen molar-refractivity contribution in [3.63, 3.8) is 0 Å². The van der Waals surface area contributed by atoms with Crippen molar-refractivity contribution >= 4 is 50.4 Å². The molecule has 7 heteroatoms. The highest BCUT2D eigenvalue weighted by Crippen LogP contribution is 2.34. The molecule has 3 aromatic rings. The second-order valence-corrected chi connectivity index (χ2v) is 12.7. The fourth-order valence-electron chi connectivity index (χ4n) is 4.81. The van der Waals surface area contributed by atoms with Crippen LogP contribution in [0.5, 0.6) is 0 Å². The molecular formula is C30H30N4S3. The average Bonchev–Trinajstić information content (AvgIpc) is 3.72. The van der Waals surface area contributed by atoms with Crippen LogP contribution in [-0.4, -0.2) is 56.9 Å². The maximum absolute atomic E-state index is 5.12. The molecule has 37 heavy (non-hydrogen) atoms. The normalized spacial score (nSPS) is 23.3. The number of thioether (sulfide) groups is 3. The summed E-state index contributed by atoms with van der Waals surface area (Å²) in [6.07, 6.45) is 0. The molecule has 6 rings (SSSR count). The summed E-state index contributed by atoms with van der Waals surface area (Å²) < 4.78 is 0. The van der Waals surface area contributed by atoms with Gasteiger partial charge in [0.1, 0.15) is 0 Å². The first-order valence-electron chi connectivity index (χ1n) is 12.8. The van der Waals surface area contributed by atoms with Crippen LogP contribution in [0.1, 0.15) is 34.8 Å². The molecule has 0 unspecified atom stereocenters. The van der Waals surface area contributed by atoms with E-state index in [0.29, 0.717) is 0 Å². The largest absolute Gasteiger partial charge is 0.284 e. The summed E-state index contributed by atoms with van der Waals surface area (Å²) in [5, 5.41) is 3.67. The Hall–Kier alpha value is -2.32. The SMILES string of the molecule is c1ccc([C@H]2CSC(CN(CC3=N[C@@H](c4ccccc4)CS3)CC3=N[C@@H](c4ccccc4)CS3)=N2)cc1. The number of benzene rings is 3. The quantitative estimate of drug-likeness (QED) is 0.293. The minimum absolute atomic E-state index is 0.254. The van der Waals surface area contributed by atoms with E-state index < -0.39 is 0 Å². The van der Waals surface area contributed by atoms with Crippen molar-refractivity contribution in [3.05, 3.63) is 108 Å². The molecule has 0 fully saturated rings. The molecule has 0 saturated heterocycles. The zero-order valence-corrected chi connectivity index (χ0v) is 23.1. The molecule has 188 valence electrons. The third-order valence-corrected chi connectivity index (χ3v) is 9.90. The van der Waals surface area contributed by atoms with E-state index in [9.17, 15) is 0 Å². The number of hydrogen-bond donors (Lipinski definition) is 0. The van der Waals surface area contributed by atoms with Crippen LogP contribution in [0.4, 0.5) is 0 Å². The molecule has 3 aromatic carbocycles. The van der Waals surface area contributed by atoms with Gasteiger partial charge in [-0.25, -0.2) is 0 Å². The highest BCUT2D eigenvalue weighted by molar-refractivity contribution is 8.15. The van der Waals surface area contributed by atoms with Crippen LogP contribution in [-0.2, 0) is 0 Å². The number of aliphatic imine (C=N–C) groups is 3. The molecule has 0 N–H and O–H groups in total. The van der Waals surface area contributed by atoms with Crippen LogP contribution >= 0.6 is 35.3 Å². The summed E-state index contributed by atoms with van der Waals surface area (Å²) in [4.78, 5) is 17.8. The number of nitrogens with zero attached hydrogens (tertiary/aromatic N) is 4. The van der Waals surface area contributed by atoms with Gasteiger partial charge < -0.3 is 0 Å². The summed E-state index contributed by atoms with van der Waals surface area (Å²) in [6.45, 7) is 2.54. The maximum Gasteiger partial charge on any atom is 0.0853 e. The molecule has 3 atom stereocenters. The zero-order chi connectivity index (χ0) is 24.9. The monoisotopic (exact) mass is 542 g/mol. The second kappa shape index (κ2) is 12.0. The Kier molecular flexibility index (Phi) is 8.12. The summed E-state index contributed by atoms with van der Waals surface area (Å²) >= 11 is 5.70. The average molecular weight is 543 g/mol. The van der Waals surface area contributed by atoms with Gasteiger partial charge >= 0.3 is 0 Å². The molecule has 0 radical (unpaired) electrons. The fourth-order valence-corrected chi connectivity index (χ4v) is 8.09. The summed E-state index contributed by atoms with van der Waals surface area (Å²) in [5.74, 6) is 3.06. The first-order chi connectivity index (χ1) is 18.3. The number of hydrogen-bond acceptors (Lipinski definition) is 7. The molecule has 3 aliphatic rings. The van der Waals surface area contributed by atoms with Gasteiger partial charge in [-0.3, -0.25) is 19.9 Å². The lowest BCUT2D eigenvalue weighted by Gasteiger charge is -2.21. The van der Waals surface area contributed by atoms with Crippen LogP contribution in [0.15, 0.2) is 106 Å². The van der Waals surface area contributed by atoms with Crippen molar-refractivity contribution < 1.29 is 0 Å². The van der Waals surface area contributed by atoms with Crippen molar-refractivity contribution in [2.24, 2.45) is 15.0 Å². The third kappa shape index (κ3) is 6.40. The van der Waals surface area contributed by atoms with E-state index in [0.717, 1.165) is 36.9 Å². The van der Waals surface area contributed by atoms with Gasteiger partial charge in [0.15, 0.2) is 0 Å². The van der Waals surface area contributed by atoms with Gasteiger partial charge in [-0.2, -0.15) is 0 Å². The Labute approximate surface area is 232 Å². The topological polar surface area (TPSA) is 40.3 Å². The Bertz CT molecular complexity index is 1120. The molecule has 0 spiro atoms. The van der Waals surface area contributed by atoms with Crippen LogP contribution < -0.4 is 0 Å². The second-order valence-electron chi connectivity index (χ2n) is 9.43. The van der Waals surface area contributed by atoms with Crippen molar-refractivity contribution in [1.82, 2.24) is 4.90 Å². The third-order valence-electron chi connectivity index (χ3n) is 6.75. The van der Waals surface area contributed by atoms with E-state index >= 15 is 0 Å². The summed E-state index contributed by atoms with van der Waals surface area (Å²) in [7, 11) is 0. The van der Waals surface area contributed by atoms with Crippen LogP contribution in [0, 0.1) is 0 Å². The Morgan fingerprint density at radius 3 is 1.08 bits per heavy atom. The van der Waals surface area contributed by atoms with E-state index in [4.69, 9.17) is 15.0 Å². The van der Waals surface area contributed by atoms with E-state index in [1.54, 1.807) is 0 Å². The first-order valence-corrected chi connectivity index (χ1v) is 15.7. The highest BCUT2D eigenvalue weighted by atomic mass is 32.2. The molecule has 0 bridgehead atoms. The Morgan fingerprint density at radius 1 is 0.486 bits per heavy atom. The predicted molar refractivity (Wildman–Crippen MR) is 164 cm³/mol. The fraction of sp³-hybridized carbons (Fsp3) is 0.300. The zero-order valence-electron chi connectivity index (χ0n) is 20.6. The molecule has 0 aliphatic carbocycles. The van der Waals surface area contributed by atoms with Crippen LogP contribution in [0.3, 0.4) is 0 Å². The van der Waals surface area contributed by atoms with E-state index in [1.165, 1.54) is 31.8 Å². The van der Waals surface area contributed by atoms with E-state index in [1.807, 2.05) is 35.3 Å².